The quantitative estimate of drug-likeness (QED) is 0.566. The number of hydrogen-bond donors (Lipinski definition) is 1. The Hall–Kier alpha value is -2.78. The van der Waals surface area contributed by atoms with E-state index in [1.54, 1.807) is 36.5 Å². The van der Waals surface area contributed by atoms with Crippen LogP contribution in [0.25, 0.3) is 16.8 Å². The molecule has 5 rings (SSSR count). The third-order valence-corrected chi connectivity index (χ3v) is 7.22. The molecule has 0 radical (unpaired) electrons. The van der Waals surface area contributed by atoms with Crippen LogP contribution in [-0.2, 0) is 16.4 Å². The zero-order chi connectivity index (χ0) is 19.5. The van der Waals surface area contributed by atoms with Crippen molar-refractivity contribution in [3.8, 4) is 0 Å². The van der Waals surface area contributed by atoms with Crippen molar-refractivity contribution < 1.29 is 8.42 Å². The van der Waals surface area contributed by atoms with Crippen LogP contribution in [0.15, 0.2) is 47.6 Å². The van der Waals surface area contributed by atoms with Crippen molar-refractivity contribution in [2.24, 2.45) is 5.73 Å². The zero-order valence-electron chi connectivity index (χ0n) is 15.4. The number of fused-ring (bicyclic) bond motifs is 3. The predicted molar refractivity (Wildman–Crippen MR) is 105 cm³/mol. The molecule has 0 saturated heterocycles. The summed E-state index contributed by atoms with van der Waals surface area (Å²) >= 11 is 0. The molecule has 2 N–H and O–H groups in total. The third-order valence-electron chi connectivity index (χ3n) is 5.54. The average molecular weight is 396 g/mol. The van der Waals surface area contributed by atoms with E-state index in [2.05, 4.69) is 15.2 Å². The Morgan fingerprint density at radius 1 is 1.14 bits per heavy atom. The summed E-state index contributed by atoms with van der Waals surface area (Å²) < 4.78 is 29.3. The van der Waals surface area contributed by atoms with Crippen LogP contribution in [0.3, 0.4) is 0 Å². The SMILES string of the molecule is Cc1ccc(S(=O)(=O)n2ccc3c2ncc2nnc(CC4(N)CCC4)n23)cc1. The van der Waals surface area contributed by atoms with Gasteiger partial charge in [-0.2, -0.15) is 0 Å². The van der Waals surface area contributed by atoms with Crippen molar-refractivity contribution in [1.29, 1.82) is 0 Å². The van der Waals surface area contributed by atoms with Crippen molar-refractivity contribution in [2.75, 3.05) is 0 Å². The highest BCUT2D eigenvalue weighted by Gasteiger charge is 2.34. The van der Waals surface area contributed by atoms with Gasteiger partial charge in [0.25, 0.3) is 10.0 Å². The first-order chi connectivity index (χ1) is 13.4. The van der Waals surface area contributed by atoms with Gasteiger partial charge in [-0.05, 0) is 44.4 Å². The second-order valence-corrected chi connectivity index (χ2v) is 9.41. The molecule has 1 aliphatic carbocycles. The zero-order valence-corrected chi connectivity index (χ0v) is 16.2. The van der Waals surface area contributed by atoms with Gasteiger partial charge in [-0.25, -0.2) is 17.4 Å². The second-order valence-electron chi connectivity index (χ2n) is 7.60. The lowest BCUT2D eigenvalue weighted by Crippen LogP contribution is -2.48. The Labute approximate surface area is 162 Å². The molecule has 0 spiro atoms. The van der Waals surface area contributed by atoms with Crippen molar-refractivity contribution in [1.82, 2.24) is 23.6 Å². The predicted octanol–water partition coefficient (Wildman–Crippen LogP) is 2.05. The van der Waals surface area contributed by atoms with Gasteiger partial charge in [0.15, 0.2) is 11.3 Å². The molecule has 4 aromatic rings. The monoisotopic (exact) mass is 396 g/mol. The summed E-state index contributed by atoms with van der Waals surface area (Å²) in [6.45, 7) is 1.92. The molecule has 0 unspecified atom stereocenters. The van der Waals surface area contributed by atoms with Crippen molar-refractivity contribution in [3.63, 3.8) is 0 Å². The summed E-state index contributed by atoms with van der Waals surface area (Å²) in [5.74, 6) is 0.732. The topological polar surface area (TPSA) is 108 Å². The lowest BCUT2D eigenvalue weighted by atomic mass is 9.75. The Morgan fingerprint density at radius 3 is 2.57 bits per heavy atom. The van der Waals surface area contributed by atoms with E-state index < -0.39 is 10.0 Å². The molecule has 0 aliphatic heterocycles. The number of nitrogens with zero attached hydrogens (tertiary/aromatic N) is 5. The molecule has 144 valence electrons. The Kier molecular flexibility index (Phi) is 3.62. The Bertz CT molecular complexity index is 1300. The fraction of sp³-hybridized carbons (Fsp3) is 0.316. The van der Waals surface area contributed by atoms with Crippen LogP contribution in [0.5, 0.6) is 0 Å². The summed E-state index contributed by atoms with van der Waals surface area (Å²) in [5.41, 5.74) is 8.71. The molecule has 1 saturated carbocycles. The van der Waals surface area contributed by atoms with E-state index >= 15 is 0 Å². The molecule has 8 nitrogen and oxygen atoms in total. The molecule has 28 heavy (non-hydrogen) atoms. The summed E-state index contributed by atoms with van der Waals surface area (Å²) in [5, 5.41) is 8.47. The molecule has 0 bridgehead atoms. The molecular formula is C19H20N6O2S. The molecular weight excluding hydrogens is 376 g/mol. The maximum atomic E-state index is 13.1. The van der Waals surface area contributed by atoms with E-state index in [9.17, 15) is 8.42 Å². The van der Waals surface area contributed by atoms with Crippen LogP contribution in [0, 0.1) is 6.92 Å². The second kappa shape index (κ2) is 5.86. The molecule has 0 atom stereocenters. The van der Waals surface area contributed by atoms with Gasteiger partial charge in [0, 0.05) is 18.2 Å². The highest BCUT2D eigenvalue weighted by molar-refractivity contribution is 7.90. The molecule has 3 aromatic heterocycles. The van der Waals surface area contributed by atoms with Crippen molar-refractivity contribution in [2.45, 2.75) is 43.0 Å². The highest BCUT2D eigenvalue weighted by atomic mass is 32.2. The van der Waals surface area contributed by atoms with E-state index in [0.29, 0.717) is 23.2 Å². The minimum atomic E-state index is -3.76. The minimum Gasteiger partial charge on any atom is -0.325 e. The summed E-state index contributed by atoms with van der Waals surface area (Å²) in [7, 11) is -3.76. The van der Waals surface area contributed by atoms with Gasteiger partial charge < -0.3 is 5.73 Å². The van der Waals surface area contributed by atoms with Gasteiger partial charge in [-0.3, -0.25) is 4.40 Å². The normalized spacial score (nSPS) is 16.5. The number of aromatic nitrogens is 5. The largest absolute Gasteiger partial charge is 0.325 e. The van der Waals surface area contributed by atoms with E-state index in [1.165, 1.54) is 10.2 Å². The molecule has 1 fully saturated rings. The molecule has 1 aliphatic rings. The lowest BCUT2D eigenvalue weighted by Gasteiger charge is -2.37. The number of hydrogen-bond acceptors (Lipinski definition) is 6. The van der Waals surface area contributed by atoms with Crippen LogP contribution in [0.2, 0.25) is 0 Å². The summed E-state index contributed by atoms with van der Waals surface area (Å²) in [6.07, 6.45) is 6.71. The fourth-order valence-electron chi connectivity index (χ4n) is 3.74. The van der Waals surface area contributed by atoms with Crippen LogP contribution in [0.4, 0.5) is 0 Å². The first-order valence-corrected chi connectivity index (χ1v) is 10.6. The van der Waals surface area contributed by atoms with Crippen LogP contribution >= 0.6 is 0 Å². The van der Waals surface area contributed by atoms with Crippen LogP contribution in [-0.4, -0.2) is 37.5 Å². The number of rotatable bonds is 4. The summed E-state index contributed by atoms with van der Waals surface area (Å²) in [6, 6.07) is 8.50. The smallest absolute Gasteiger partial charge is 0.269 e. The number of benzene rings is 1. The minimum absolute atomic E-state index is 0.219. The fourth-order valence-corrected chi connectivity index (χ4v) is 5.04. The van der Waals surface area contributed by atoms with E-state index in [0.717, 1.165) is 30.7 Å². The number of nitrogens with two attached hydrogens (primary N) is 1. The van der Waals surface area contributed by atoms with Gasteiger partial charge in [-0.1, -0.05) is 17.7 Å². The molecule has 9 heteroatoms. The molecule has 0 amide bonds. The van der Waals surface area contributed by atoms with Gasteiger partial charge in [-0.15, -0.1) is 10.2 Å². The Morgan fingerprint density at radius 2 is 1.89 bits per heavy atom. The van der Waals surface area contributed by atoms with Crippen molar-refractivity contribution >= 4 is 26.8 Å². The average Bonchev–Trinajstić information content (AvgIpc) is 3.25. The number of aryl methyl sites for hydroxylation is 1. The van der Waals surface area contributed by atoms with Crippen LogP contribution in [0.1, 0.15) is 30.7 Å². The van der Waals surface area contributed by atoms with E-state index in [4.69, 9.17) is 5.73 Å². The highest BCUT2D eigenvalue weighted by Crippen LogP contribution is 2.32. The lowest BCUT2D eigenvalue weighted by molar-refractivity contribution is 0.243. The van der Waals surface area contributed by atoms with Crippen LogP contribution < -0.4 is 5.73 Å². The van der Waals surface area contributed by atoms with E-state index in [-0.39, 0.29) is 10.4 Å². The van der Waals surface area contributed by atoms with Gasteiger partial charge in [0.2, 0.25) is 0 Å². The first kappa shape index (κ1) is 17.3. The Balaban J connectivity index is 1.67. The maximum absolute atomic E-state index is 13.1. The third kappa shape index (κ3) is 2.54. The van der Waals surface area contributed by atoms with Gasteiger partial charge >= 0.3 is 0 Å². The maximum Gasteiger partial charge on any atom is 0.269 e. The van der Waals surface area contributed by atoms with E-state index in [1.807, 2.05) is 11.3 Å². The molecule has 1 aromatic carbocycles. The molecule has 3 heterocycles. The van der Waals surface area contributed by atoms with Gasteiger partial charge in [0.05, 0.1) is 16.6 Å². The first-order valence-electron chi connectivity index (χ1n) is 9.19. The standard InChI is InChI=1S/C19H20N6O2S/c1-13-3-5-14(6-4-13)28(26,27)24-10-7-15-18(24)21-12-17-23-22-16(25(15)17)11-19(20)8-2-9-19/h3-7,10,12H,2,8-9,11,20H2,1H3. The van der Waals surface area contributed by atoms with Crippen molar-refractivity contribution in [3.05, 3.63) is 54.1 Å². The van der Waals surface area contributed by atoms with Gasteiger partial charge in [0.1, 0.15) is 5.82 Å². The summed E-state index contributed by atoms with van der Waals surface area (Å²) in [4.78, 5) is 4.57.